The highest BCUT2D eigenvalue weighted by Gasteiger charge is 2.45. The first-order valence-corrected chi connectivity index (χ1v) is 7.26. The maximum Gasteiger partial charge on any atom is 0.277 e. The summed E-state index contributed by atoms with van der Waals surface area (Å²) in [6.45, 7) is -1.25. The van der Waals surface area contributed by atoms with Crippen molar-refractivity contribution in [2.75, 3.05) is 6.61 Å². The third-order valence-corrected chi connectivity index (χ3v) is 4.93. The minimum Gasteiger partial charge on any atom is -0.390 e. The number of thioether (sulfide) groups is 1. The second kappa shape index (κ2) is 5.38. The van der Waals surface area contributed by atoms with Gasteiger partial charge in [-0.2, -0.15) is 0 Å². The maximum absolute atomic E-state index is 13.9. The van der Waals surface area contributed by atoms with Gasteiger partial charge in [-0.25, -0.2) is 8.78 Å². The van der Waals surface area contributed by atoms with Gasteiger partial charge >= 0.3 is 0 Å². The summed E-state index contributed by atoms with van der Waals surface area (Å²) in [5, 5.41) is 8.18. The molecule has 1 aromatic rings. The van der Waals surface area contributed by atoms with Crippen molar-refractivity contribution in [3.63, 3.8) is 0 Å². The van der Waals surface area contributed by atoms with E-state index in [0.29, 0.717) is 14.9 Å². The lowest BCUT2D eigenvalue weighted by Gasteiger charge is -2.34. The van der Waals surface area contributed by atoms with Crippen molar-refractivity contribution >= 4 is 33.6 Å². The Bertz CT molecular complexity index is 513. The van der Waals surface area contributed by atoms with Crippen LogP contribution < -0.4 is 5.73 Å². The van der Waals surface area contributed by atoms with Gasteiger partial charge in [-0.15, -0.1) is 11.8 Å². The first kappa shape index (κ1) is 14.7. The summed E-state index contributed by atoms with van der Waals surface area (Å²) in [4.78, 5) is 11.9. The highest BCUT2D eigenvalue weighted by Crippen LogP contribution is 2.48. The zero-order chi connectivity index (χ0) is 14.2. The van der Waals surface area contributed by atoms with Crippen LogP contribution in [0.4, 0.5) is 8.78 Å². The number of carbonyl (C=O) groups excluding carboxylic acids is 1. The van der Waals surface area contributed by atoms with Crippen molar-refractivity contribution in [2.24, 2.45) is 5.73 Å². The van der Waals surface area contributed by atoms with Gasteiger partial charge in [-0.3, -0.25) is 4.79 Å². The highest BCUT2D eigenvalue weighted by atomic mass is 79.9. The zero-order valence-corrected chi connectivity index (χ0v) is 12.2. The summed E-state index contributed by atoms with van der Waals surface area (Å²) in [5.74, 6) is -5.09. The molecule has 1 unspecified atom stereocenters. The van der Waals surface area contributed by atoms with Crippen molar-refractivity contribution in [3.05, 3.63) is 28.2 Å². The second-order valence-electron chi connectivity index (χ2n) is 4.40. The Hall–Kier alpha value is -0.660. The summed E-state index contributed by atoms with van der Waals surface area (Å²) < 4.78 is 28.4. The van der Waals surface area contributed by atoms with Gasteiger partial charge in [0.15, 0.2) is 0 Å². The molecule has 0 saturated carbocycles. The second-order valence-corrected chi connectivity index (χ2v) is 6.56. The Morgan fingerprint density at radius 1 is 1.58 bits per heavy atom. The number of hydrogen-bond acceptors (Lipinski definition) is 3. The van der Waals surface area contributed by atoms with Gasteiger partial charge in [-0.05, 0) is 30.2 Å². The number of rotatable bonds is 3. The van der Waals surface area contributed by atoms with E-state index in [1.54, 1.807) is 18.2 Å². The first-order chi connectivity index (χ1) is 8.85. The monoisotopic (exact) mass is 351 g/mol. The molecule has 7 heteroatoms. The molecule has 0 radical (unpaired) electrons. The number of benzene rings is 1. The fraction of sp³-hybridized carbons (Fsp3) is 0.417. The number of halogens is 3. The SMILES string of the molecule is NC(=O)[C@H]1CC(C(F)(F)CO)c2cc(Br)ccc2S1. The van der Waals surface area contributed by atoms with E-state index >= 15 is 0 Å². The van der Waals surface area contributed by atoms with E-state index in [2.05, 4.69) is 15.9 Å². The van der Waals surface area contributed by atoms with Gasteiger partial charge in [0, 0.05) is 9.37 Å². The molecule has 1 aromatic carbocycles. The van der Waals surface area contributed by atoms with Gasteiger partial charge in [0.05, 0.1) is 11.2 Å². The molecular formula is C12H12BrF2NO2S. The summed E-state index contributed by atoms with van der Waals surface area (Å²) in [7, 11) is 0. The van der Waals surface area contributed by atoms with Gasteiger partial charge in [0.1, 0.15) is 6.61 Å². The Morgan fingerprint density at radius 2 is 2.26 bits per heavy atom. The number of fused-ring (bicyclic) bond motifs is 1. The van der Waals surface area contributed by atoms with E-state index in [1.807, 2.05) is 0 Å². The first-order valence-electron chi connectivity index (χ1n) is 5.59. The lowest BCUT2D eigenvalue weighted by atomic mass is 9.87. The molecule has 3 N–H and O–H groups in total. The average Bonchev–Trinajstić information content (AvgIpc) is 2.37. The van der Waals surface area contributed by atoms with Crippen molar-refractivity contribution in [3.8, 4) is 0 Å². The summed E-state index contributed by atoms with van der Waals surface area (Å²) in [6.07, 6.45) is -0.0724. The Balaban J connectivity index is 2.48. The molecule has 2 rings (SSSR count). The number of amides is 1. The fourth-order valence-electron chi connectivity index (χ4n) is 2.13. The lowest BCUT2D eigenvalue weighted by molar-refractivity contribution is -0.118. The predicted molar refractivity (Wildman–Crippen MR) is 72.4 cm³/mol. The van der Waals surface area contributed by atoms with Crippen LogP contribution in [0.25, 0.3) is 0 Å². The Labute approximate surface area is 121 Å². The lowest BCUT2D eigenvalue weighted by Crippen LogP contribution is -2.38. The number of aliphatic hydroxyl groups is 1. The van der Waals surface area contributed by atoms with Crippen molar-refractivity contribution in [1.29, 1.82) is 0 Å². The standard InChI is InChI=1S/C12H12BrF2NO2S/c13-6-1-2-9-7(3-6)8(12(14,15)5-17)4-10(19-9)11(16)18/h1-3,8,10,17H,4-5H2,(H2,16,18)/t8?,10-/m1/s1. The molecule has 1 heterocycles. The van der Waals surface area contributed by atoms with E-state index in [1.165, 1.54) is 11.8 Å². The van der Waals surface area contributed by atoms with Crippen LogP contribution in [-0.4, -0.2) is 28.8 Å². The van der Waals surface area contributed by atoms with Crippen molar-refractivity contribution < 1.29 is 18.7 Å². The molecule has 3 nitrogen and oxygen atoms in total. The number of carbonyl (C=O) groups is 1. The molecule has 0 bridgehead atoms. The molecule has 0 aliphatic carbocycles. The number of nitrogens with two attached hydrogens (primary N) is 1. The molecule has 0 spiro atoms. The molecular weight excluding hydrogens is 340 g/mol. The minimum absolute atomic E-state index is 0.0724. The van der Waals surface area contributed by atoms with Crippen molar-refractivity contribution in [1.82, 2.24) is 0 Å². The quantitative estimate of drug-likeness (QED) is 0.879. The van der Waals surface area contributed by atoms with Gasteiger partial charge in [0.25, 0.3) is 5.92 Å². The van der Waals surface area contributed by atoms with E-state index in [0.717, 1.165) is 0 Å². The number of primary amides is 1. The van der Waals surface area contributed by atoms with Crippen LogP contribution in [0.3, 0.4) is 0 Å². The zero-order valence-electron chi connectivity index (χ0n) is 9.78. The Kier molecular flexibility index (Phi) is 4.17. The minimum atomic E-state index is -3.27. The largest absolute Gasteiger partial charge is 0.390 e. The molecule has 19 heavy (non-hydrogen) atoms. The van der Waals surface area contributed by atoms with E-state index in [9.17, 15) is 13.6 Å². The third-order valence-electron chi connectivity index (χ3n) is 3.10. The van der Waals surface area contributed by atoms with Crippen LogP contribution in [0.1, 0.15) is 17.9 Å². The van der Waals surface area contributed by atoms with Crippen LogP contribution in [0.15, 0.2) is 27.6 Å². The molecule has 0 saturated heterocycles. The average molecular weight is 352 g/mol. The smallest absolute Gasteiger partial charge is 0.277 e. The van der Waals surface area contributed by atoms with Crippen LogP contribution in [-0.2, 0) is 4.79 Å². The van der Waals surface area contributed by atoms with E-state index in [-0.39, 0.29) is 6.42 Å². The number of alkyl halides is 2. The molecule has 104 valence electrons. The van der Waals surface area contributed by atoms with Gasteiger partial charge in [-0.1, -0.05) is 15.9 Å². The molecule has 1 aliphatic heterocycles. The summed E-state index contributed by atoms with van der Waals surface area (Å²) in [5.41, 5.74) is 5.67. The topological polar surface area (TPSA) is 63.3 Å². The van der Waals surface area contributed by atoms with Crippen LogP contribution >= 0.6 is 27.7 Å². The highest BCUT2D eigenvalue weighted by molar-refractivity contribution is 9.10. The fourth-order valence-corrected chi connectivity index (χ4v) is 3.70. The molecule has 1 amide bonds. The van der Waals surface area contributed by atoms with Crippen LogP contribution in [0, 0.1) is 0 Å². The molecule has 0 aromatic heterocycles. The van der Waals surface area contributed by atoms with E-state index in [4.69, 9.17) is 10.8 Å². The Morgan fingerprint density at radius 3 is 2.84 bits per heavy atom. The number of aliphatic hydroxyl groups excluding tert-OH is 1. The van der Waals surface area contributed by atoms with Crippen molar-refractivity contribution in [2.45, 2.75) is 28.4 Å². The molecule has 1 aliphatic rings. The summed E-state index contributed by atoms with van der Waals surface area (Å²) >= 11 is 4.44. The predicted octanol–water partition coefficient (Wildman–Crippen LogP) is 2.51. The van der Waals surface area contributed by atoms with E-state index < -0.39 is 29.6 Å². The van der Waals surface area contributed by atoms with Gasteiger partial charge < -0.3 is 10.8 Å². The maximum atomic E-state index is 13.9. The molecule has 2 atom stereocenters. The van der Waals surface area contributed by atoms with Crippen LogP contribution in [0.2, 0.25) is 0 Å². The normalized spacial score (nSPS) is 22.9. The van der Waals surface area contributed by atoms with Gasteiger partial charge in [0.2, 0.25) is 5.91 Å². The summed E-state index contributed by atoms with van der Waals surface area (Å²) in [6, 6.07) is 5.01. The third kappa shape index (κ3) is 2.93. The van der Waals surface area contributed by atoms with Crippen LogP contribution in [0.5, 0.6) is 0 Å². The number of hydrogen-bond donors (Lipinski definition) is 2. The molecule has 0 fully saturated rings.